The predicted octanol–water partition coefficient (Wildman–Crippen LogP) is 2.21. The molecule has 1 aromatic rings. The lowest BCUT2D eigenvalue weighted by atomic mass is 10.2. The van der Waals surface area contributed by atoms with Gasteiger partial charge in [0.15, 0.2) is 6.16 Å². The minimum Gasteiger partial charge on any atom is -0.399 e. The molecule has 1 aliphatic rings. The molecule has 0 atom stereocenters. The predicted molar refractivity (Wildman–Crippen MR) is 64.8 cm³/mol. The lowest BCUT2D eigenvalue weighted by Crippen LogP contribution is -2.22. The Morgan fingerprint density at radius 2 is 1.88 bits per heavy atom. The van der Waals surface area contributed by atoms with Gasteiger partial charge in [0.25, 0.3) is 0 Å². The molecule has 5 heteroatoms. The maximum atomic E-state index is 10.1. The van der Waals surface area contributed by atoms with E-state index in [4.69, 9.17) is 14.8 Å². The summed E-state index contributed by atoms with van der Waals surface area (Å²) in [5.74, 6) is 0.353. The molecule has 0 unspecified atom stereocenters. The first kappa shape index (κ1) is 11.8. The van der Waals surface area contributed by atoms with E-state index in [2.05, 4.69) is 0 Å². The normalized spacial score (nSPS) is 30.2. The van der Waals surface area contributed by atoms with Crippen molar-refractivity contribution in [1.82, 2.24) is 0 Å². The van der Waals surface area contributed by atoms with Gasteiger partial charge in [0.05, 0.1) is 0 Å². The Bertz CT molecular complexity index is 347. The van der Waals surface area contributed by atoms with E-state index in [0.717, 1.165) is 5.56 Å². The number of benzene rings is 1. The van der Waals surface area contributed by atoms with Gasteiger partial charge < -0.3 is 5.73 Å². The Morgan fingerprint density at radius 1 is 1.31 bits per heavy atom. The zero-order chi connectivity index (χ0) is 11.6. The number of nitrogen functional groups attached to an aromatic ring is 1. The lowest BCUT2D eigenvalue weighted by Gasteiger charge is -2.24. The Morgan fingerprint density at radius 3 is 2.44 bits per heavy atom. The van der Waals surface area contributed by atoms with E-state index in [1.165, 1.54) is 0 Å². The molecule has 0 bridgehead atoms. The minimum atomic E-state index is -2.68. The summed E-state index contributed by atoms with van der Waals surface area (Å²) >= 11 is 0. The van der Waals surface area contributed by atoms with Crippen molar-refractivity contribution in [2.75, 3.05) is 18.9 Å². The molecule has 1 aliphatic heterocycles. The average molecular weight is 242 g/mol. The second-order valence-electron chi connectivity index (χ2n) is 4.23. The molecule has 0 aliphatic carbocycles. The maximum absolute atomic E-state index is 10.1. The molecule has 4 nitrogen and oxygen atoms in total. The average Bonchev–Trinajstić information content (AvgIpc) is 2.27. The zero-order valence-electron chi connectivity index (χ0n) is 9.30. The Balaban J connectivity index is 2.00. The fourth-order valence-corrected chi connectivity index (χ4v) is 3.42. The van der Waals surface area contributed by atoms with Crippen LogP contribution in [0.1, 0.15) is 12.5 Å². The highest BCUT2D eigenvalue weighted by atomic mass is 31.2. The maximum Gasteiger partial charge on any atom is 0.413 e. The van der Waals surface area contributed by atoms with Crippen molar-refractivity contribution in [1.29, 1.82) is 0 Å². The van der Waals surface area contributed by atoms with E-state index in [1.807, 2.05) is 31.2 Å². The number of rotatable bonds is 2. The third-order valence-corrected chi connectivity index (χ3v) is 4.35. The fraction of sp³-hybridized carbons (Fsp3) is 0.455. The van der Waals surface area contributed by atoms with Crippen molar-refractivity contribution in [3.05, 3.63) is 29.8 Å². The first-order valence-electron chi connectivity index (χ1n) is 5.32. The number of hydrogen-bond donors (Lipinski definition) is 2. The highest BCUT2D eigenvalue weighted by molar-refractivity contribution is 7.59. The molecule has 0 saturated carbocycles. The molecule has 1 fully saturated rings. The van der Waals surface area contributed by atoms with E-state index in [1.54, 1.807) is 0 Å². The summed E-state index contributed by atoms with van der Waals surface area (Å²) in [5.41, 5.74) is 7.30. The topological polar surface area (TPSA) is 64.7 Å². The molecule has 88 valence electrons. The Labute approximate surface area is 96.0 Å². The molecule has 3 N–H and O–H groups in total. The van der Waals surface area contributed by atoms with Gasteiger partial charge in [-0.25, -0.2) is 0 Å². The van der Waals surface area contributed by atoms with Crippen LogP contribution in [0.2, 0.25) is 0 Å². The number of anilines is 1. The van der Waals surface area contributed by atoms with E-state index < -0.39 is 7.94 Å². The van der Waals surface area contributed by atoms with Crippen molar-refractivity contribution in [3.8, 4) is 0 Å². The van der Waals surface area contributed by atoms with Crippen molar-refractivity contribution in [2.24, 2.45) is 5.92 Å². The van der Waals surface area contributed by atoms with Gasteiger partial charge >= 0.3 is 7.94 Å². The van der Waals surface area contributed by atoms with Gasteiger partial charge in [-0.3, -0.25) is 0 Å². The van der Waals surface area contributed by atoms with E-state index >= 15 is 0 Å². The summed E-state index contributed by atoms with van der Waals surface area (Å²) in [6.07, 6.45) is 0.431. The summed E-state index contributed by atoms with van der Waals surface area (Å²) in [7, 11) is -2.68. The minimum absolute atomic E-state index is 0.353. The van der Waals surface area contributed by atoms with Gasteiger partial charge in [0, 0.05) is 11.6 Å². The highest BCUT2D eigenvalue weighted by Gasteiger charge is 2.45. The standard InChI is InChI=1S/C11H17NO3P/c1-9-6-14-16(13,15-7-9)8-10-2-4-11(12)5-3-10/h2-5,9,13H,6-8,12H2,1H3/q+1. The molecule has 1 heterocycles. The first-order valence-corrected chi connectivity index (χ1v) is 7.08. The quantitative estimate of drug-likeness (QED) is 0.616. The third kappa shape index (κ3) is 2.92. The molecule has 1 saturated heterocycles. The van der Waals surface area contributed by atoms with Crippen molar-refractivity contribution in [2.45, 2.75) is 13.1 Å². The molecule has 0 radical (unpaired) electrons. The second kappa shape index (κ2) is 4.68. The van der Waals surface area contributed by atoms with Crippen LogP contribution in [0.15, 0.2) is 24.3 Å². The third-order valence-electron chi connectivity index (χ3n) is 2.48. The Kier molecular flexibility index (Phi) is 3.45. The van der Waals surface area contributed by atoms with Gasteiger partial charge in [0.1, 0.15) is 13.2 Å². The summed E-state index contributed by atoms with van der Waals surface area (Å²) in [6.45, 7) is 3.17. The SMILES string of the molecule is CC1CO[P+](O)(Cc2ccc(N)cc2)OC1. The van der Waals surface area contributed by atoms with Crippen LogP contribution < -0.4 is 5.73 Å². The van der Waals surface area contributed by atoms with Crippen molar-refractivity contribution < 1.29 is 13.9 Å². The fourth-order valence-electron chi connectivity index (χ4n) is 1.52. The van der Waals surface area contributed by atoms with Crippen LogP contribution in [-0.4, -0.2) is 18.1 Å². The highest BCUT2D eigenvalue weighted by Crippen LogP contribution is 2.61. The number of hydrogen-bond acceptors (Lipinski definition) is 4. The molecule has 0 spiro atoms. The monoisotopic (exact) mass is 242 g/mol. The second-order valence-corrected chi connectivity index (χ2v) is 6.34. The van der Waals surface area contributed by atoms with Crippen LogP contribution in [0.5, 0.6) is 0 Å². The largest absolute Gasteiger partial charge is 0.413 e. The van der Waals surface area contributed by atoms with Crippen LogP contribution in [0.4, 0.5) is 5.69 Å². The smallest absolute Gasteiger partial charge is 0.399 e. The first-order chi connectivity index (χ1) is 7.57. The Hall–Kier alpha value is -0.670. The van der Waals surface area contributed by atoms with Gasteiger partial charge in [0.2, 0.25) is 0 Å². The molecule has 0 aromatic heterocycles. The van der Waals surface area contributed by atoms with E-state index in [0.29, 0.717) is 31.0 Å². The van der Waals surface area contributed by atoms with E-state index in [9.17, 15) is 4.89 Å². The molecular formula is C11H17NO3P+. The lowest BCUT2D eigenvalue weighted by molar-refractivity contribution is 0.0798. The van der Waals surface area contributed by atoms with Crippen molar-refractivity contribution >= 4 is 13.6 Å². The zero-order valence-corrected chi connectivity index (χ0v) is 10.2. The molecule has 2 rings (SSSR count). The molecule has 16 heavy (non-hydrogen) atoms. The van der Waals surface area contributed by atoms with Crippen LogP contribution >= 0.6 is 7.94 Å². The van der Waals surface area contributed by atoms with Gasteiger partial charge in [-0.15, -0.1) is 0 Å². The van der Waals surface area contributed by atoms with Crippen LogP contribution in [-0.2, 0) is 15.2 Å². The summed E-state index contributed by atoms with van der Waals surface area (Å²) in [5, 5.41) is 0. The van der Waals surface area contributed by atoms with E-state index in [-0.39, 0.29) is 0 Å². The van der Waals surface area contributed by atoms with Gasteiger partial charge in [-0.2, -0.15) is 13.9 Å². The summed E-state index contributed by atoms with van der Waals surface area (Å²) < 4.78 is 10.9. The van der Waals surface area contributed by atoms with Crippen molar-refractivity contribution in [3.63, 3.8) is 0 Å². The summed E-state index contributed by atoms with van der Waals surface area (Å²) in [4.78, 5) is 10.1. The van der Waals surface area contributed by atoms with Crippen LogP contribution in [0.3, 0.4) is 0 Å². The van der Waals surface area contributed by atoms with Crippen LogP contribution in [0, 0.1) is 5.92 Å². The van der Waals surface area contributed by atoms with Crippen LogP contribution in [0.25, 0.3) is 0 Å². The molecular weight excluding hydrogens is 225 g/mol. The van der Waals surface area contributed by atoms with Gasteiger partial charge in [-0.1, -0.05) is 19.1 Å². The molecule has 1 aromatic carbocycles. The van der Waals surface area contributed by atoms with Gasteiger partial charge in [-0.05, 0) is 17.7 Å². The number of nitrogens with two attached hydrogens (primary N) is 1. The summed E-state index contributed by atoms with van der Waals surface area (Å²) in [6, 6.07) is 7.40. The molecule has 0 amide bonds.